The number of aliphatic imine (C=N–C) groups is 1. The molecule has 8 nitrogen and oxygen atoms in total. The predicted molar refractivity (Wildman–Crippen MR) is 151 cm³/mol. The van der Waals surface area contributed by atoms with Crippen molar-refractivity contribution in [3.63, 3.8) is 0 Å². The Balaban J connectivity index is 1.16. The normalized spacial score (nSPS) is 16.1. The standard InChI is InChI=1S/C31H29FN4O4/c1-39-27-17-23-25(33-19-22-10-7-14-35(22)30(23)37)18-28(27)40-15-6-5-13-36-26-12-11-21(32)16-24(26)29(34-31(36)38)20-8-3-2-4-9-20/h2-4,8-9,11-12,16-19,22H,5-7,10,13-15H2,1H3. The summed E-state index contributed by atoms with van der Waals surface area (Å²) in [6, 6.07) is 17.2. The van der Waals surface area contributed by atoms with Crippen molar-refractivity contribution in [2.24, 2.45) is 4.99 Å². The van der Waals surface area contributed by atoms with Gasteiger partial charge in [0.15, 0.2) is 11.5 Å². The number of carbonyl (C=O) groups excluding carboxylic acids is 1. The lowest BCUT2D eigenvalue weighted by Gasteiger charge is -2.20. The number of nitrogens with zero attached hydrogens (tertiary/aromatic N) is 4. The number of carbonyl (C=O) groups is 1. The van der Waals surface area contributed by atoms with Crippen molar-refractivity contribution in [3.05, 3.63) is 82.5 Å². The Hall–Kier alpha value is -4.53. The Kier molecular flexibility index (Phi) is 7.02. The molecule has 0 radical (unpaired) electrons. The van der Waals surface area contributed by atoms with Crippen LogP contribution in [0.15, 0.2) is 70.5 Å². The van der Waals surface area contributed by atoms with Crippen molar-refractivity contribution in [2.75, 3.05) is 20.3 Å². The lowest BCUT2D eigenvalue weighted by Crippen LogP contribution is -2.35. The van der Waals surface area contributed by atoms with Gasteiger partial charge in [-0.1, -0.05) is 30.3 Å². The van der Waals surface area contributed by atoms with Crippen LogP contribution in [0, 0.1) is 5.82 Å². The minimum atomic E-state index is -0.383. The number of aromatic nitrogens is 2. The van der Waals surface area contributed by atoms with E-state index in [9.17, 15) is 14.0 Å². The molecule has 1 amide bonds. The summed E-state index contributed by atoms with van der Waals surface area (Å²) in [4.78, 5) is 36.8. The molecule has 0 bridgehead atoms. The lowest BCUT2D eigenvalue weighted by atomic mass is 10.1. The van der Waals surface area contributed by atoms with E-state index in [1.54, 1.807) is 29.9 Å². The summed E-state index contributed by atoms with van der Waals surface area (Å²) in [5.41, 5.74) is 2.57. The third-order valence-corrected chi connectivity index (χ3v) is 7.48. The molecule has 1 atom stereocenters. The highest BCUT2D eigenvalue weighted by Gasteiger charge is 2.32. The van der Waals surface area contributed by atoms with Crippen LogP contribution in [0.25, 0.3) is 22.2 Å². The molecule has 2 aliphatic rings. The quantitative estimate of drug-likeness (QED) is 0.280. The van der Waals surface area contributed by atoms with Crippen LogP contribution in [0.2, 0.25) is 0 Å². The number of benzene rings is 3. The van der Waals surface area contributed by atoms with Gasteiger partial charge in [-0.2, -0.15) is 4.98 Å². The van der Waals surface area contributed by atoms with Gasteiger partial charge in [0, 0.05) is 36.3 Å². The number of ether oxygens (including phenoxy) is 2. The van der Waals surface area contributed by atoms with Crippen molar-refractivity contribution in [3.8, 4) is 22.8 Å². The highest BCUT2D eigenvalue weighted by molar-refractivity contribution is 6.03. The summed E-state index contributed by atoms with van der Waals surface area (Å²) in [6.07, 6.45) is 5.02. The van der Waals surface area contributed by atoms with Gasteiger partial charge in [0.2, 0.25) is 0 Å². The molecular formula is C31H29FN4O4. The number of amides is 1. The third-order valence-electron chi connectivity index (χ3n) is 7.48. The second-order valence-electron chi connectivity index (χ2n) is 9.98. The Morgan fingerprint density at radius 3 is 2.70 bits per heavy atom. The van der Waals surface area contributed by atoms with E-state index in [0.717, 1.165) is 24.9 Å². The number of hydrogen-bond acceptors (Lipinski definition) is 6. The number of fused-ring (bicyclic) bond motifs is 3. The van der Waals surface area contributed by atoms with E-state index in [4.69, 9.17) is 9.47 Å². The van der Waals surface area contributed by atoms with Gasteiger partial charge in [-0.25, -0.2) is 9.18 Å². The fraction of sp³-hybridized carbons (Fsp3) is 0.290. The summed E-state index contributed by atoms with van der Waals surface area (Å²) in [6.45, 7) is 1.51. The first-order valence-corrected chi connectivity index (χ1v) is 13.5. The number of rotatable bonds is 8. The second kappa shape index (κ2) is 10.9. The van der Waals surface area contributed by atoms with Crippen LogP contribution in [0.5, 0.6) is 11.5 Å². The van der Waals surface area contributed by atoms with E-state index >= 15 is 0 Å². The Morgan fingerprint density at radius 1 is 1.02 bits per heavy atom. The van der Waals surface area contributed by atoms with Gasteiger partial charge in [0.1, 0.15) is 5.82 Å². The van der Waals surface area contributed by atoms with Gasteiger partial charge in [-0.3, -0.25) is 14.4 Å². The molecule has 0 spiro atoms. The Labute approximate surface area is 230 Å². The molecule has 0 N–H and O–H groups in total. The van der Waals surface area contributed by atoms with Crippen LogP contribution >= 0.6 is 0 Å². The maximum Gasteiger partial charge on any atom is 0.348 e. The highest BCUT2D eigenvalue weighted by atomic mass is 19.1. The number of methoxy groups -OCH3 is 1. The van der Waals surface area contributed by atoms with Gasteiger partial charge < -0.3 is 14.4 Å². The van der Waals surface area contributed by atoms with Crippen molar-refractivity contribution in [1.82, 2.24) is 14.5 Å². The molecule has 9 heteroatoms. The molecule has 3 heterocycles. The van der Waals surface area contributed by atoms with Gasteiger partial charge in [0.05, 0.1) is 42.2 Å². The zero-order chi connectivity index (χ0) is 27.6. The molecule has 2 aliphatic heterocycles. The first kappa shape index (κ1) is 25.7. The van der Waals surface area contributed by atoms with Crippen LogP contribution in [0.3, 0.4) is 0 Å². The molecule has 40 heavy (non-hydrogen) atoms. The number of unbranched alkanes of at least 4 members (excludes halogenated alkanes) is 1. The minimum Gasteiger partial charge on any atom is -0.493 e. The Bertz CT molecular complexity index is 1670. The molecule has 1 fully saturated rings. The Morgan fingerprint density at radius 2 is 1.88 bits per heavy atom. The zero-order valence-electron chi connectivity index (χ0n) is 22.2. The maximum absolute atomic E-state index is 14.2. The lowest BCUT2D eigenvalue weighted by molar-refractivity contribution is 0.0774. The van der Waals surface area contributed by atoms with Crippen molar-refractivity contribution < 1.29 is 18.7 Å². The van der Waals surface area contributed by atoms with Crippen molar-refractivity contribution in [1.29, 1.82) is 0 Å². The van der Waals surface area contributed by atoms with Gasteiger partial charge in [-0.15, -0.1) is 0 Å². The van der Waals surface area contributed by atoms with Crippen molar-refractivity contribution >= 4 is 28.7 Å². The summed E-state index contributed by atoms with van der Waals surface area (Å²) in [7, 11) is 1.55. The molecule has 0 saturated carbocycles. The fourth-order valence-corrected chi connectivity index (χ4v) is 5.46. The van der Waals surface area contributed by atoms with Crippen LogP contribution in [-0.4, -0.2) is 52.9 Å². The predicted octanol–water partition coefficient (Wildman–Crippen LogP) is 5.39. The van der Waals surface area contributed by atoms with Gasteiger partial charge in [-0.05, 0) is 49.9 Å². The van der Waals surface area contributed by atoms with Crippen LogP contribution in [0.1, 0.15) is 36.0 Å². The number of hydrogen-bond donors (Lipinski definition) is 0. The number of halogens is 1. The molecule has 6 rings (SSSR count). The van der Waals surface area contributed by atoms with Crippen LogP contribution in [-0.2, 0) is 6.54 Å². The largest absolute Gasteiger partial charge is 0.493 e. The third kappa shape index (κ3) is 4.83. The molecule has 1 aromatic heterocycles. The van der Waals surface area contributed by atoms with E-state index in [0.29, 0.717) is 65.3 Å². The summed E-state index contributed by atoms with van der Waals surface area (Å²) >= 11 is 0. The SMILES string of the molecule is COc1cc2c(cc1OCCCCn1c(=O)nc(-c3ccccc3)c3cc(F)ccc31)N=CC1CCCN1C2=O. The first-order chi connectivity index (χ1) is 19.5. The first-order valence-electron chi connectivity index (χ1n) is 13.5. The zero-order valence-corrected chi connectivity index (χ0v) is 22.2. The molecule has 0 aliphatic carbocycles. The topological polar surface area (TPSA) is 86.0 Å². The van der Waals surface area contributed by atoms with E-state index in [1.807, 2.05) is 41.4 Å². The van der Waals surface area contributed by atoms with Crippen LogP contribution in [0.4, 0.5) is 10.1 Å². The fourth-order valence-electron chi connectivity index (χ4n) is 5.46. The highest BCUT2D eigenvalue weighted by Crippen LogP contribution is 2.38. The summed E-state index contributed by atoms with van der Waals surface area (Å²) < 4.78 is 27.3. The number of aryl methyl sites for hydroxylation is 1. The molecule has 3 aromatic carbocycles. The summed E-state index contributed by atoms with van der Waals surface area (Å²) in [5.74, 6) is 0.570. The van der Waals surface area contributed by atoms with Crippen LogP contribution < -0.4 is 15.2 Å². The molecule has 1 saturated heterocycles. The monoisotopic (exact) mass is 540 g/mol. The maximum atomic E-state index is 14.2. The molecular weight excluding hydrogens is 511 g/mol. The average Bonchev–Trinajstić information content (AvgIpc) is 3.41. The van der Waals surface area contributed by atoms with Gasteiger partial charge >= 0.3 is 5.69 Å². The molecule has 204 valence electrons. The minimum absolute atomic E-state index is 0.0301. The van der Waals surface area contributed by atoms with E-state index in [-0.39, 0.29) is 23.5 Å². The average molecular weight is 541 g/mol. The van der Waals surface area contributed by atoms with E-state index < -0.39 is 0 Å². The molecule has 4 aromatic rings. The van der Waals surface area contributed by atoms with E-state index in [1.165, 1.54) is 12.1 Å². The summed E-state index contributed by atoms with van der Waals surface area (Å²) in [5, 5.41) is 0.590. The van der Waals surface area contributed by atoms with Gasteiger partial charge in [0.25, 0.3) is 5.91 Å². The second-order valence-corrected chi connectivity index (χ2v) is 9.98. The van der Waals surface area contributed by atoms with Crippen molar-refractivity contribution in [2.45, 2.75) is 38.3 Å². The smallest absolute Gasteiger partial charge is 0.348 e. The van der Waals surface area contributed by atoms with E-state index in [2.05, 4.69) is 9.98 Å². The molecule has 1 unspecified atom stereocenters.